The van der Waals surface area contributed by atoms with E-state index in [1.165, 1.54) is 12.1 Å². The first-order chi connectivity index (χ1) is 9.03. The first-order valence-electron chi connectivity index (χ1n) is 6.05. The van der Waals surface area contributed by atoms with Crippen LogP contribution in [0, 0.1) is 12.7 Å². The van der Waals surface area contributed by atoms with Gasteiger partial charge in [0.25, 0.3) is 0 Å². The van der Waals surface area contributed by atoms with Crippen LogP contribution < -0.4 is 4.72 Å². The molecule has 0 spiro atoms. The van der Waals surface area contributed by atoms with Crippen molar-refractivity contribution < 1.29 is 22.7 Å². The molecule has 1 aromatic carbocycles. The van der Waals surface area contributed by atoms with Crippen LogP contribution in [0.4, 0.5) is 4.39 Å². The van der Waals surface area contributed by atoms with E-state index in [2.05, 4.69) is 4.72 Å². The highest BCUT2D eigenvalue weighted by molar-refractivity contribution is 7.89. The van der Waals surface area contributed by atoms with Gasteiger partial charge in [-0.2, -0.15) is 0 Å². The molecule has 1 aromatic rings. The van der Waals surface area contributed by atoms with Gasteiger partial charge in [-0.05, 0) is 44.9 Å². The summed E-state index contributed by atoms with van der Waals surface area (Å²) in [5.74, 6) is -1.85. The maximum Gasteiger partial charge on any atom is 0.303 e. The van der Waals surface area contributed by atoms with E-state index < -0.39 is 32.2 Å². The highest BCUT2D eigenvalue weighted by Crippen LogP contribution is 2.20. The summed E-state index contributed by atoms with van der Waals surface area (Å²) < 4.78 is 40.3. The van der Waals surface area contributed by atoms with E-state index in [0.29, 0.717) is 5.56 Å². The molecule has 0 unspecified atom stereocenters. The quantitative estimate of drug-likeness (QED) is 0.842. The Bertz CT molecular complexity index is 611. The van der Waals surface area contributed by atoms with Crippen molar-refractivity contribution in [2.24, 2.45) is 0 Å². The summed E-state index contributed by atoms with van der Waals surface area (Å²) in [5.41, 5.74) is -0.358. The number of hydrogen-bond acceptors (Lipinski definition) is 3. The van der Waals surface area contributed by atoms with Gasteiger partial charge in [0.2, 0.25) is 10.0 Å². The lowest BCUT2D eigenvalue weighted by molar-refractivity contribution is -0.137. The minimum atomic E-state index is -4.04. The Hall–Kier alpha value is -1.47. The fourth-order valence-electron chi connectivity index (χ4n) is 1.71. The van der Waals surface area contributed by atoms with Crippen molar-refractivity contribution in [1.82, 2.24) is 4.72 Å². The molecule has 1 rings (SSSR count). The van der Waals surface area contributed by atoms with E-state index in [-0.39, 0.29) is 12.8 Å². The Kier molecular flexibility index (Phi) is 4.88. The van der Waals surface area contributed by atoms with E-state index in [9.17, 15) is 17.6 Å². The third kappa shape index (κ3) is 4.57. The molecule has 5 nitrogen and oxygen atoms in total. The van der Waals surface area contributed by atoms with Crippen LogP contribution in [0.25, 0.3) is 0 Å². The third-order valence-corrected chi connectivity index (χ3v) is 4.46. The molecule has 0 radical (unpaired) electrons. The lowest BCUT2D eigenvalue weighted by Crippen LogP contribution is -2.43. The fourth-order valence-corrected chi connectivity index (χ4v) is 3.31. The van der Waals surface area contributed by atoms with Crippen LogP contribution in [0.2, 0.25) is 0 Å². The minimum Gasteiger partial charge on any atom is -0.481 e. The Morgan fingerprint density at radius 1 is 1.40 bits per heavy atom. The highest BCUT2D eigenvalue weighted by atomic mass is 32.2. The molecule has 0 heterocycles. The maximum absolute atomic E-state index is 13.6. The molecule has 0 aliphatic rings. The van der Waals surface area contributed by atoms with Crippen molar-refractivity contribution in [2.75, 3.05) is 0 Å². The van der Waals surface area contributed by atoms with E-state index in [1.807, 2.05) is 0 Å². The summed E-state index contributed by atoms with van der Waals surface area (Å²) in [6.45, 7) is 4.77. The third-order valence-electron chi connectivity index (χ3n) is 2.75. The van der Waals surface area contributed by atoms with Gasteiger partial charge in [0, 0.05) is 12.0 Å². The Morgan fingerprint density at radius 3 is 2.55 bits per heavy atom. The van der Waals surface area contributed by atoms with Gasteiger partial charge in [-0.1, -0.05) is 6.07 Å². The van der Waals surface area contributed by atoms with Crippen molar-refractivity contribution >= 4 is 16.0 Å². The fraction of sp³-hybridized carbons (Fsp3) is 0.462. The highest BCUT2D eigenvalue weighted by Gasteiger charge is 2.28. The molecule has 0 aromatic heterocycles. The molecule has 0 saturated carbocycles. The molecular formula is C13H18FNO4S. The number of aryl methyl sites for hydroxylation is 1. The van der Waals surface area contributed by atoms with Crippen molar-refractivity contribution in [3.05, 3.63) is 29.6 Å². The molecule has 0 aliphatic heterocycles. The SMILES string of the molecule is Cc1ccc(F)c(S(=O)(=O)NC(C)(C)CCC(=O)O)c1. The molecule has 20 heavy (non-hydrogen) atoms. The van der Waals surface area contributed by atoms with Crippen LogP contribution in [0.3, 0.4) is 0 Å². The van der Waals surface area contributed by atoms with Crippen LogP contribution in [0.1, 0.15) is 32.3 Å². The van der Waals surface area contributed by atoms with Crippen LogP contribution in [0.15, 0.2) is 23.1 Å². The minimum absolute atomic E-state index is 0.106. The maximum atomic E-state index is 13.6. The summed E-state index contributed by atoms with van der Waals surface area (Å²) in [7, 11) is -4.04. The number of hydrogen-bond donors (Lipinski definition) is 2. The summed E-state index contributed by atoms with van der Waals surface area (Å²) in [6, 6.07) is 3.81. The second-order valence-electron chi connectivity index (χ2n) is 5.32. The van der Waals surface area contributed by atoms with Crippen molar-refractivity contribution in [2.45, 2.75) is 44.0 Å². The van der Waals surface area contributed by atoms with Gasteiger partial charge in [0.1, 0.15) is 10.7 Å². The number of carboxylic acid groups (broad SMARTS) is 1. The second-order valence-corrected chi connectivity index (χ2v) is 6.97. The van der Waals surface area contributed by atoms with Crippen LogP contribution in [-0.2, 0) is 14.8 Å². The average Bonchev–Trinajstić information content (AvgIpc) is 2.28. The van der Waals surface area contributed by atoms with Crippen molar-refractivity contribution in [1.29, 1.82) is 0 Å². The lowest BCUT2D eigenvalue weighted by Gasteiger charge is -2.25. The van der Waals surface area contributed by atoms with Gasteiger partial charge in [0.05, 0.1) is 0 Å². The summed E-state index contributed by atoms with van der Waals surface area (Å²) in [6.07, 6.45) is -0.0686. The lowest BCUT2D eigenvalue weighted by atomic mass is 10.0. The summed E-state index contributed by atoms with van der Waals surface area (Å²) >= 11 is 0. The number of sulfonamides is 1. The van der Waals surface area contributed by atoms with Gasteiger partial charge in [-0.3, -0.25) is 4.79 Å². The molecule has 7 heteroatoms. The standard InChI is InChI=1S/C13H18FNO4S/c1-9-4-5-10(14)11(8-9)20(18,19)15-13(2,3)7-6-12(16)17/h4-5,8,15H,6-7H2,1-3H3,(H,16,17). The van der Waals surface area contributed by atoms with Crippen LogP contribution in [0.5, 0.6) is 0 Å². The first kappa shape index (κ1) is 16.6. The zero-order chi connectivity index (χ0) is 15.6. The average molecular weight is 303 g/mol. The number of carboxylic acids is 1. The number of nitrogens with one attached hydrogen (secondary N) is 1. The number of carbonyl (C=O) groups is 1. The number of halogens is 1. The number of rotatable bonds is 6. The smallest absolute Gasteiger partial charge is 0.303 e. The largest absolute Gasteiger partial charge is 0.481 e. The number of benzene rings is 1. The number of aliphatic carboxylic acids is 1. The molecule has 0 fully saturated rings. The molecular weight excluding hydrogens is 285 g/mol. The molecule has 0 aliphatic carbocycles. The molecule has 0 bridgehead atoms. The molecule has 0 amide bonds. The molecule has 0 saturated heterocycles. The van der Waals surface area contributed by atoms with Gasteiger partial charge >= 0.3 is 5.97 Å². The first-order valence-corrected chi connectivity index (χ1v) is 7.54. The van der Waals surface area contributed by atoms with E-state index >= 15 is 0 Å². The summed E-state index contributed by atoms with van der Waals surface area (Å²) in [5, 5.41) is 8.64. The normalized spacial score (nSPS) is 12.4. The van der Waals surface area contributed by atoms with E-state index in [1.54, 1.807) is 20.8 Å². The summed E-state index contributed by atoms with van der Waals surface area (Å²) in [4.78, 5) is 10.1. The van der Waals surface area contributed by atoms with Gasteiger partial charge in [-0.15, -0.1) is 0 Å². The second kappa shape index (κ2) is 5.88. The molecule has 2 N–H and O–H groups in total. The Morgan fingerprint density at radius 2 is 2.00 bits per heavy atom. The van der Waals surface area contributed by atoms with Crippen molar-refractivity contribution in [3.8, 4) is 0 Å². The van der Waals surface area contributed by atoms with Crippen molar-refractivity contribution in [3.63, 3.8) is 0 Å². The topological polar surface area (TPSA) is 83.5 Å². The Balaban J connectivity index is 3.00. The van der Waals surface area contributed by atoms with E-state index in [0.717, 1.165) is 6.07 Å². The molecule has 112 valence electrons. The zero-order valence-electron chi connectivity index (χ0n) is 11.6. The van der Waals surface area contributed by atoms with Gasteiger partial charge in [0.15, 0.2) is 0 Å². The monoisotopic (exact) mass is 303 g/mol. The van der Waals surface area contributed by atoms with Gasteiger partial charge < -0.3 is 5.11 Å². The Labute approximate surface area is 117 Å². The predicted molar refractivity (Wildman–Crippen MR) is 72.4 cm³/mol. The van der Waals surface area contributed by atoms with Crippen LogP contribution in [-0.4, -0.2) is 25.0 Å². The van der Waals surface area contributed by atoms with Crippen LogP contribution >= 0.6 is 0 Å². The van der Waals surface area contributed by atoms with Gasteiger partial charge in [-0.25, -0.2) is 17.5 Å². The molecule has 0 atom stereocenters. The predicted octanol–water partition coefficient (Wildman–Crippen LogP) is 2.06. The zero-order valence-corrected chi connectivity index (χ0v) is 12.4. The van der Waals surface area contributed by atoms with E-state index in [4.69, 9.17) is 5.11 Å².